The number of benzene rings is 2. The molecule has 27 heavy (non-hydrogen) atoms. The molecule has 0 aliphatic rings. The van der Waals surface area contributed by atoms with E-state index in [-0.39, 0.29) is 10.8 Å². The van der Waals surface area contributed by atoms with Crippen molar-refractivity contribution >= 4 is 17.3 Å². The molecule has 7 nitrogen and oxygen atoms in total. The summed E-state index contributed by atoms with van der Waals surface area (Å²) in [5.41, 5.74) is 1.01. The zero-order valence-electron chi connectivity index (χ0n) is 14.5. The zero-order chi connectivity index (χ0) is 19.6. The van der Waals surface area contributed by atoms with Crippen LogP contribution in [0.3, 0.4) is 0 Å². The van der Waals surface area contributed by atoms with E-state index in [1.54, 1.807) is 24.9 Å². The Balaban J connectivity index is 1.80. The molecule has 0 bridgehead atoms. The molecule has 140 valence electrons. The van der Waals surface area contributed by atoms with Crippen LogP contribution in [-0.4, -0.2) is 21.8 Å². The summed E-state index contributed by atoms with van der Waals surface area (Å²) in [6.07, 6.45) is 1.62. The molecule has 0 saturated carbocycles. The molecule has 3 aromatic rings. The molecule has 0 aliphatic heterocycles. The van der Waals surface area contributed by atoms with Crippen molar-refractivity contribution in [3.8, 4) is 17.2 Å². The number of hydrogen-bond donors (Lipinski definition) is 0. The van der Waals surface area contributed by atoms with Crippen LogP contribution < -0.4 is 9.47 Å². The predicted octanol–water partition coefficient (Wildman–Crippen LogP) is 4.74. The fourth-order valence-electron chi connectivity index (χ4n) is 2.45. The quantitative estimate of drug-likeness (QED) is 0.448. The summed E-state index contributed by atoms with van der Waals surface area (Å²) >= 11 is 5.82. The van der Waals surface area contributed by atoms with E-state index < -0.39 is 16.4 Å². The van der Waals surface area contributed by atoms with Gasteiger partial charge in [-0.25, -0.2) is 4.39 Å². The van der Waals surface area contributed by atoms with Gasteiger partial charge in [0.05, 0.1) is 30.8 Å². The lowest BCUT2D eigenvalue weighted by Gasteiger charge is -2.06. The number of nitrogens with zero attached hydrogens (tertiary/aromatic N) is 3. The highest BCUT2D eigenvalue weighted by Gasteiger charge is 2.19. The smallest absolute Gasteiger partial charge is 0.291 e. The van der Waals surface area contributed by atoms with E-state index >= 15 is 0 Å². The molecule has 0 aliphatic carbocycles. The lowest BCUT2D eigenvalue weighted by molar-refractivity contribution is -0.384. The molecule has 1 heterocycles. The lowest BCUT2D eigenvalue weighted by atomic mass is 10.2. The molecular formula is C18H15ClFN3O4. The molecule has 0 radical (unpaired) electrons. The summed E-state index contributed by atoms with van der Waals surface area (Å²) < 4.78 is 26.4. The van der Waals surface area contributed by atoms with Crippen LogP contribution in [0.1, 0.15) is 11.3 Å². The van der Waals surface area contributed by atoms with Crippen molar-refractivity contribution in [1.82, 2.24) is 9.78 Å². The van der Waals surface area contributed by atoms with Crippen molar-refractivity contribution in [3.63, 3.8) is 0 Å². The molecule has 2 aromatic carbocycles. The largest absolute Gasteiger partial charge is 0.497 e. The first-order valence-corrected chi connectivity index (χ1v) is 8.23. The highest BCUT2D eigenvalue weighted by molar-refractivity contribution is 6.32. The molecule has 0 saturated heterocycles. The van der Waals surface area contributed by atoms with Gasteiger partial charge >= 0.3 is 0 Å². The van der Waals surface area contributed by atoms with E-state index in [4.69, 9.17) is 21.1 Å². The minimum atomic E-state index is -0.881. The van der Waals surface area contributed by atoms with Crippen LogP contribution in [0.15, 0.2) is 42.6 Å². The Kier molecular flexibility index (Phi) is 5.27. The van der Waals surface area contributed by atoms with Gasteiger partial charge in [-0.15, -0.1) is 0 Å². The van der Waals surface area contributed by atoms with Crippen molar-refractivity contribution in [2.24, 2.45) is 0 Å². The number of halogens is 2. The highest BCUT2D eigenvalue weighted by Crippen LogP contribution is 2.34. The van der Waals surface area contributed by atoms with E-state index in [9.17, 15) is 14.5 Å². The Bertz CT molecular complexity index is 989. The SMILES string of the molecule is COc1ccc(Cn2cc(Oc3cc(Cl)c([N+](=O)[O-])cc3F)c(C)n2)cc1. The van der Waals surface area contributed by atoms with Gasteiger partial charge < -0.3 is 9.47 Å². The molecule has 0 amide bonds. The van der Waals surface area contributed by atoms with E-state index in [1.165, 1.54) is 0 Å². The topological polar surface area (TPSA) is 79.4 Å². The van der Waals surface area contributed by atoms with Gasteiger partial charge in [-0.1, -0.05) is 23.7 Å². The van der Waals surface area contributed by atoms with Gasteiger partial charge in [0.1, 0.15) is 16.5 Å². The normalized spacial score (nSPS) is 10.7. The number of hydrogen-bond acceptors (Lipinski definition) is 5. The Morgan fingerprint density at radius 3 is 2.59 bits per heavy atom. The van der Waals surface area contributed by atoms with E-state index in [0.717, 1.165) is 23.4 Å². The van der Waals surface area contributed by atoms with Crippen LogP contribution in [0.4, 0.5) is 10.1 Å². The highest BCUT2D eigenvalue weighted by atomic mass is 35.5. The molecule has 1 aromatic heterocycles. The Morgan fingerprint density at radius 2 is 1.96 bits per heavy atom. The summed E-state index contributed by atoms with van der Waals surface area (Å²) in [6, 6.07) is 9.32. The molecule has 0 N–H and O–H groups in total. The fourth-order valence-corrected chi connectivity index (χ4v) is 2.68. The third-order valence-electron chi connectivity index (χ3n) is 3.82. The van der Waals surface area contributed by atoms with Crippen LogP contribution in [0.5, 0.6) is 17.2 Å². The zero-order valence-corrected chi connectivity index (χ0v) is 15.2. The summed E-state index contributed by atoms with van der Waals surface area (Å²) in [6.45, 7) is 2.20. The molecular weight excluding hydrogens is 377 g/mol. The average Bonchev–Trinajstić information content (AvgIpc) is 2.97. The number of aromatic nitrogens is 2. The maximum absolute atomic E-state index is 14.1. The summed E-state index contributed by atoms with van der Waals surface area (Å²) in [5, 5.41) is 14.9. The average molecular weight is 392 g/mol. The van der Waals surface area contributed by atoms with Crippen molar-refractivity contribution in [2.45, 2.75) is 13.5 Å². The third-order valence-corrected chi connectivity index (χ3v) is 4.13. The van der Waals surface area contributed by atoms with E-state index in [0.29, 0.717) is 18.0 Å². The number of ether oxygens (including phenoxy) is 2. The van der Waals surface area contributed by atoms with Gasteiger partial charge in [-0.2, -0.15) is 5.10 Å². The molecule has 0 unspecified atom stereocenters. The first-order valence-electron chi connectivity index (χ1n) is 7.85. The minimum Gasteiger partial charge on any atom is -0.497 e. The monoisotopic (exact) mass is 391 g/mol. The summed E-state index contributed by atoms with van der Waals surface area (Å²) in [7, 11) is 1.60. The van der Waals surface area contributed by atoms with Crippen LogP contribution >= 0.6 is 11.6 Å². The second kappa shape index (κ2) is 7.63. The predicted molar refractivity (Wildman–Crippen MR) is 97.2 cm³/mol. The van der Waals surface area contributed by atoms with Crippen LogP contribution in [0, 0.1) is 22.9 Å². The molecule has 0 spiro atoms. The third kappa shape index (κ3) is 4.17. The minimum absolute atomic E-state index is 0.209. The number of methoxy groups -OCH3 is 1. The van der Waals surface area contributed by atoms with E-state index in [2.05, 4.69) is 5.10 Å². The first kappa shape index (κ1) is 18.7. The molecule has 9 heteroatoms. The van der Waals surface area contributed by atoms with Gasteiger partial charge in [0, 0.05) is 6.07 Å². The summed E-state index contributed by atoms with van der Waals surface area (Å²) in [4.78, 5) is 10.1. The second-order valence-corrected chi connectivity index (χ2v) is 6.12. The van der Waals surface area contributed by atoms with Crippen molar-refractivity contribution in [3.05, 3.63) is 74.8 Å². The van der Waals surface area contributed by atoms with Crippen LogP contribution in [0.2, 0.25) is 5.02 Å². The maximum Gasteiger partial charge on any atom is 0.291 e. The number of nitro groups is 1. The Labute approximate surface area is 159 Å². The maximum atomic E-state index is 14.1. The van der Waals surface area contributed by atoms with Crippen molar-refractivity contribution < 1.29 is 18.8 Å². The number of nitro benzene ring substituents is 1. The van der Waals surface area contributed by atoms with Crippen molar-refractivity contribution in [1.29, 1.82) is 0 Å². The van der Waals surface area contributed by atoms with Gasteiger partial charge in [0.2, 0.25) is 0 Å². The van der Waals surface area contributed by atoms with Crippen LogP contribution in [-0.2, 0) is 6.54 Å². The van der Waals surface area contributed by atoms with Crippen LogP contribution in [0.25, 0.3) is 0 Å². The van der Waals surface area contributed by atoms with Crippen molar-refractivity contribution in [2.75, 3.05) is 7.11 Å². The molecule has 0 atom stereocenters. The van der Waals surface area contributed by atoms with Gasteiger partial charge in [0.25, 0.3) is 5.69 Å². The van der Waals surface area contributed by atoms with Gasteiger partial charge in [-0.3, -0.25) is 14.8 Å². The number of aryl methyl sites for hydroxylation is 1. The lowest BCUT2D eigenvalue weighted by Crippen LogP contribution is -2.00. The molecule has 3 rings (SSSR count). The summed E-state index contributed by atoms with van der Waals surface area (Å²) in [5.74, 6) is -0.0108. The Hall–Kier alpha value is -3.13. The van der Waals surface area contributed by atoms with E-state index in [1.807, 2.05) is 24.3 Å². The van der Waals surface area contributed by atoms with Gasteiger partial charge in [0.15, 0.2) is 17.3 Å². The fraction of sp³-hybridized carbons (Fsp3) is 0.167. The number of rotatable bonds is 6. The Morgan fingerprint density at radius 1 is 1.26 bits per heavy atom. The first-order chi connectivity index (χ1) is 12.9. The second-order valence-electron chi connectivity index (χ2n) is 5.72. The standard InChI is InChI=1S/C18H15ClFN3O4/c1-11-18(27-17-7-14(19)16(23(24)25)8-15(17)20)10-22(21-11)9-12-3-5-13(26-2)6-4-12/h3-8,10H,9H2,1-2H3. The van der Waals surface area contributed by atoms with Gasteiger partial charge in [-0.05, 0) is 24.6 Å². The molecule has 0 fully saturated rings.